The monoisotopic (exact) mass is 1740 g/mol. The van der Waals surface area contributed by atoms with E-state index in [-0.39, 0.29) is 99.7 Å². The highest BCUT2D eigenvalue weighted by atomic mass is 16.6. The van der Waals surface area contributed by atoms with Crippen molar-refractivity contribution >= 4 is 11.8 Å². The molecule has 2 amide bonds. The molecule has 0 spiro atoms. The van der Waals surface area contributed by atoms with Gasteiger partial charge in [0.15, 0.2) is 0 Å². The van der Waals surface area contributed by atoms with Crippen molar-refractivity contribution in [1.29, 1.82) is 0 Å². The van der Waals surface area contributed by atoms with E-state index in [9.17, 15) is 102 Å². The third-order valence-electron chi connectivity index (χ3n) is 21.1. The molecule has 119 heavy (non-hydrogen) atoms. The molecule has 0 aromatic heterocycles. The Morgan fingerprint density at radius 2 is 0.647 bits per heavy atom. The van der Waals surface area contributed by atoms with Gasteiger partial charge >= 0.3 is 0 Å². The van der Waals surface area contributed by atoms with E-state index >= 15 is 0 Å². The van der Waals surface area contributed by atoms with E-state index < -0.39 is 213 Å². The van der Waals surface area contributed by atoms with Crippen molar-refractivity contribution in [1.82, 2.24) is 10.6 Å². The molecule has 9 heterocycles. The summed E-state index contributed by atoms with van der Waals surface area (Å²) in [6.45, 7) is 23.8. The van der Waals surface area contributed by atoms with Gasteiger partial charge in [0.25, 0.3) is 0 Å². The molecular formula is C71H137N11O37. The first-order chi connectivity index (χ1) is 55.6. The number of rotatable bonds is 14. The van der Waals surface area contributed by atoms with Crippen LogP contribution in [0.4, 0.5) is 0 Å². The summed E-state index contributed by atoms with van der Waals surface area (Å²) in [4.78, 5) is 29.2. The van der Waals surface area contributed by atoms with Gasteiger partial charge < -0.3 is 185 Å². The predicted molar refractivity (Wildman–Crippen MR) is 411 cm³/mol. The Labute approximate surface area is 690 Å². The Hall–Kier alpha value is -4.53. The number of aliphatic hydroxyl groups is 22. The van der Waals surface area contributed by atoms with Crippen LogP contribution in [0.15, 0.2) is 15.3 Å². The minimum absolute atomic E-state index is 0.0637. The predicted octanol–water partition coefficient (Wildman–Crippen LogP) is -7.36. The number of nitrogens with zero attached hydrogens (tertiary/aromatic N) is 9. The van der Waals surface area contributed by atoms with Crippen LogP contribution in [-0.4, -0.2) is 454 Å². The zero-order chi connectivity index (χ0) is 91.6. The molecule has 0 aromatic carbocycles. The molecule has 42 unspecified atom stereocenters. The number of hydrogen-bond acceptors (Lipinski definition) is 40. The van der Waals surface area contributed by atoms with Crippen LogP contribution < -0.4 is 10.6 Å². The fourth-order valence-electron chi connectivity index (χ4n) is 14.0. The summed E-state index contributed by atoms with van der Waals surface area (Å²) in [6, 6.07) is -2.74. The summed E-state index contributed by atoms with van der Waals surface area (Å²) in [5.74, 6) is -0.375. The standard InChI is InChI=1S/C9H17NO4.C9H17NO3.2C8H16O5.2C8H16O4.3C7H13N3O4/c1-4-8(12)7(10-6(3)11)9(13)5(2)14-4;1-5-4-8(10-7(3)11)9(12)6(2)13-5;1-4-6(10)7(11)8(12-2)5(3-9)13-4;1-4-6(10)8(12-2)7(11)5(3-9)13-4;1-4-6(9)7(10)8(11-3)5(2)12-4;1-4-6(9)8(11-3)7(10)5(2)12-4;1-3-6(12)5(9-10-8)7(13)4(2-11)14-3;1-3-6(12)7(13)5(9-10-8)4(2-11)14-3;1-3-5(11)7(13)6(12)4(14-3)2-9-10-8/h4-5,7-9,12-13H,1-3H3,(H,10,11);5-6,8-9,12H,4H2,1-3H3,(H,10,11);2*4-11H,3H2,1-2H3;2*4-10H,1-3H3;3*3-7,11-13H,2H2,1H3. The first kappa shape index (κ1) is 112. The molecule has 9 saturated heterocycles. The van der Waals surface area contributed by atoms with Crippen molar-refractivity contribution in [2.45, 2.75) is 379 Å². The van der Waals surface area contributed by atoms with E-state index in [2.05, 4.69) is 40.7 Å². The van der Waals surface area contributed by atoms with Crippen LogP contribution >= 0.6 is 0 Å². The molecule has 42 atom stereocenters. The van der Waals surface area contributed by atoms with Gasteiger partial charge in [-0.1, -0.05) is 15.3 Å². The highest BCUT2D eigenvalue weighted by Crippen LogP contribution is 2.30. The smallest absolute Gasteiger partial charge is 0.217 e. The first-order valence-electron chi connectivity index (χ1n) is 38.9. The average Bonchev–Trinajstić information content (AvgIpc) is 0.812. The van der Waals surface area contributed by atoms with Gasteiger partial charge in [-0.25, -0.2) is 0 Å². The molecule has 9 rings (SSSR count). The number of carbonyl (C=O) groups is 2. The molecule has 0 aliphatic carbocycles. The Morgan fingerprint density at radius 3 is 1.07 bits per heavy atom. The number of aliphatic hydroxyl groups excluding tert-OH is 22. The zero-order valence-electron chi connectivity index (χ0n) is 70.6. The fourth-order valence-corrected chi connectivity index (χ4v) is 14.0. The van der Waals surface area contributed by atoms with Crippen LogP contribution in [0.1, 0.15) is 110 Å². The summed E-state index contributed by atoms with van der Waals surface area (Å²) >= 11 is 0. The topological polar surface area (TPSA) is 770 Å². The normalized spacial score (nSPS) is 44.7. The first-order valence-corrected chi connectivity index (χ1v) is 38.9. The third-order valence-corrected chi connectivity index (χ3v) is 21.1. The molecule has 9 aliphatic heterocycles. The highest BCUT2D eigenvalue weighted by Gasteiger charge is 2.49. The lowest BCUT2D eigenvalue weighted by Crippen LogP contribution is -2.62. The second-order valence-electron chi connectivity index (χ2n) is 30.1. The summed E-state index contributed by atoms with van der Waals surface area (Å²) in [5, 5.41) is 222. The van der Waals surface area contributed by atoms with Gasteiger partial charge in [-0.05, 0) is 113 Å². The second-order valence-corrected chi connectivity index (χ2v) is 30.1. The van der Waals surface area contributed by atoms with Crippen molar-refractivity contribution in [3.05, 3.63) is 31.3 Å². The Balaban J connectivity index is 0.000000670. The molecule has 0 bridgehead atoms. The minimum atomic E-state index is -1.27. The number of ether oxygens (including phenoxy) is 13. The molecule has 9 aliphatic rings. The van der Waals surface area contributed by atoms with E-state index in [1.165, 1.54) is 42.3 Å². The van der Waals surface area contributed by atoms with Gasteiger partial charge in [-0.2, -0.15) is 0 Å². The third kappa shape index (κ3) is 33.4. The Bertz CT molecular complexity index is 2910. The quantitative estimate of drug-likeness (QED) is 0.0436. The van der Waals surface area contributed by atoms with E-state index in [0.717, 1.165) is 0 Å². The lowest BCUT2D eigenvalue weighted by molar-refractivity contribution is -0.231. The van der Waals surface area contributed by atoms with Gasteiger partial charge in [0.1, 0.15) is 134 Å². The molecule has 0 radical (unpaired) electrons. The molecular weight excluding hydrogens is 1600 g/mol. The van der Waals surface area contributed by atoms with E-state index in [4.69, 9.17) is 98.6 Å². The van der Waals surface area contributed by atoms with E-state index in [0.29, 0.717) is 6.42 Å². The number of carbonyl (C=O) groups excluding carboxylic acids is 2. The molecule has 9 fully saturated rings. The highest BCUT2D eigenvalue weighted by molar-refractivity contribution is 5.73. The SMILES string of the molecule is CC(=O)NC1C(O)C(C)OC(C)C1O.CC(=O)NC1CC(C)OC(C)C1O.CC1OC(CN=[N+]=[N-])C(O)C(O)C1O.CC1OC(CO)C(N=[N+]=[N-])C(O)C1O.CC1OC(CO)C(O)C(N=[N+]=[N-])C1O.COC1C(C)OC(C)C(O)C1O.COC1C(CO)OC(C)C(O)C1O.COC1C(O)C(C)OC(C)C1O.COC1C(O)C(C)OC(CO)C1O. The Kier molecular flexibility index (Phi) is 52.7. The van der Waals surface area contributed by atoms with Crippen molar-refractivity contribution in [3.63, 3.8) is 0 Å². The lowest BCUT2D eigenvalue weighted by atomic mass is 9.94. The molecule has 48 nitrogen and oxygen atoms in total. The van der Waals surface area contributed by atoms with Crippen LogP contribution in [0.25, 0.3) is 31.3 Å². The molecule has 48 heteroatoms. The molecule has 0 saturated carbocycles. The summed E-state index contributed by atoms with van der Waals surface area (Å²) in [6.07, 6.45) is -27.4. The number of nitrogens with one attached hydrogen (secondary N) is 2. The van der Waals surface area contributed by atoms with Crippen molar-refractivity contribution < 1.29 is 184 Å². The van der Waals surface area contributed by atoms with Crippen molar-refractivity contribution in [2.75, 3.05) is 61.4 Å². The number of azide groups is 3. The van der Waals surface area contributed by atoms with Crippen LogP contribution in [0.2, 0.25) is 0 Å². The van der Waals surface area contributed by atoms with Crippen molar-refractivity contribution in [3.8, 4) is 0 Å². The Morgan fingerprint density at radius 1 is 0.319 bits per heavy atom. The second kappa shape index (κ2) is 55.7. The number of hydrogen-bond donors (Lipinski definition) is 24. The van der Waals surface area contributed by atoms with Crippen LogP contribution in [-0.2, 0) is 71.2 Å². The molecule has 698 valence electrons. The van der Waals surface area contributed by atoms with Crippen LogP contribution in [0, 0.1) is 0 Å². The average molecular weight is 1740 g/mol. The van der Waals surface area contributed by atoms with Gasteiger partial charge in [-0.15, -0.1) is 0 Å². The summed E-state index contributed by atoms with van der Waals surface area (Å²) < 4.78 is 66.9. The lowest BCUT2D eigenvalue weighted by Gasteiger charge is -2.40. The molecule has 24 N–H and O–H groups in total. The van der Waals surface area contributed by atoms with E-state index in [1.807, 2.05) is 20.8 Å². The van der Waals surface area contributed by atoms with Crippen LogP contribution in [0.3, 0.4) is 0 Å². The summed E-state index contributed by atoms with van der Waals surface area (Å²) in [7, 11) is 5.78. The largest absolute Gasteiger partial charge is 0.394 e. The fraction of sp³-hybridized carbons (Fsp3) is 0.972. The molecule has 0 aromatic rings. The van der Waals surface area contributed by atoms with Gasteiger partial charge in [0, 0.05) is 57.0 Å². The summed E-state index contributed by atoms with van der Waals surface area (Å²) in [5.41, 5.74) is 24.5. The van der Waals surface area contributed by atoms with Crippen LogP contribution in [0.5, 0.6) is 0 Å². The maximum Gasteiger partial charge on any atom is 0.217 e. The maximum atomic E-state index is 10.8. The minimum Gasteiger partial charge on any atom is -0.394 e. The number of amides is 2. The van der Waals surface area contributed by atoms with Gasteiger partial charge in [0.05, 0.1) is 167 Å². The zero-order valence-corrected chi connectivity index (χ0v) is 70.6. The van der Waals surface area contributed by atoms with Gasteiger partial charge in [-0.3, -0.25) is 9.59 Å². The van der Waals surface area contributed by atoms with E-state index in [1.54, 1.807) is 69.2 Å². The maximum absolute atomic E-state index is 10.8. The number of methoxy groups -OCH3 is 4. The van der Waals surface area contributed by atoms with Gasteiger partial charge in [0.2, 0.25) is 11.8 Å². The van der Waals surface area contributed by atoms with Crippen molar-refractivity contribution in [2.24, 2.45) is 15.3 Å².